The molecule has 0 spiro atoms. The fraction of sp³-hybridized carbons (Fsp3) is 0.559. The number of carboxylic acids is 2. The summed E-state index contributed by atoms with van der Waals surface area (Å²) in [7, 11) is 3.40. The number of fused-ring (bicyclic) bond motifs is 2. The van der Waals surface area contributed by atoms with Crippen molar-refractivity contribution in [2.45, 2.75) is 202 Å². The number of aromatic nitrogens is 6. The fourth-order valence-electron chi connectivity index (χ4n) is 13.3. The second kappa shape index (κ2) is 37.0. The molecule has 0 unspecified atom stereocenters. The van der Waals surface area contributed by atoms with Crippen LogP contribution in [0, 0.1) is 11.8 Å². The molecule has 0 saturated carbocycles. The molecule has 4 aliphatic rings. The molecule has 0 radical (unpaired) electrons. The van der Waals surface area contributed by atoms with Crippen LogP contribution < -0.4 is 31.9 Å². The van der Waals surface area contributed by atoms with Gasteiger partial charge in [0.05, 0.1) is 36.6 Å². The largest absolute Gasteiger partial charge is 0.490 e. The van der Waals surface area contributed by atoms with Crippen LogP contribution >= 0.6 is 0 Å². The number of likely N-dealkylation sites (N-methyl/N-ethyl adjacent to an activating group) is 2. The van der Waals surface area contributed by atoms with E-state index in [1.54, 1.807) is 23.9 Å². The number of hydrogen-bond acceptors (Lipinski definition) is 16. The zero-order chi connectivity index (χ0) is 72.8. The maximum atomic E-state index is 14.4. The number of nitrogens with zero attached hydrogens (tertiary/aromatic N) is 8. The number of carbonyl (C=O) groups excluding carboxylic acids is 6. The molecule has 4 aliphatic heterocycles. The maximum absolute atomic E-state index is 14.4. The minimum atomic E-state index is -5.08. The van der Waals surface area contributed by atoms with Crippen molar-refractivity contribution in [3.63, 3.8) is 0 Å². The van der Waals surface area contributed by atoms with Gasteiger partial charge in [-0.1, -0.05) is 109 Å². The number of carbonyl (C=O) groups is 8. The Morgan fingerprint density at radius 3 is 1.17 bits per heavy atom. The van der Waals surface area contributed by atoms with E-state index in [-0.39, 0.29) is 60.7 Å². The molecule has 6 heterocycles. The number of nitrogens with one attached hydrogen (secondary N) is 6. The number of rotatable bonds is 28. The molecule has 4 saturated heterocycles. The van der Waals surface area contributed by atoms with Gasteiger partial charge >= 0.3 is 24.3 Å². The second-order valence-electron chi connectivity index (χ2n) is 25.4. The van der Waals surface area contributed by atoms with Gasteiger partial charge in [0.1, 0.15) is 35.6 Å². The van der Waals surface area contributed by atoms with Crippen molar-refractivity contribution in [1.82, 2.24) is 71.7 Å². The first kappa shape index (κ1) is 78.5. The Morgan fingerprint density at radius 1 is 0.520 bits per heavy atom. The standard InChI is InChI=1S/C64H88N14O8.2C2HF3O2/c1-5-49(65-3)59(81)69-57-45(39-79)27-29-47-31-33-53(77(47)63(57)85)61(83)67-55(43-19-9-7-10-20-43)51-37-75(73-71-51)35-15-13-17-41-23-25-42(26-24-41)18-14-16-36-76-38-52(72-74-76)56(44-21-11-8-12-22-44)68-62(84)54-34-32-48-30-28-46(40-80)58(64(86)78(48)54)70-60(82)50(6-2)66-4;2*3-2(4,5)1(6)7/h7-12,19-26,37-38,45-50,53-58,65-66,79-80H,5-6,13-18,27-36,39-40H2,1-4H3,(H,67,83)(H,68,84)(H,69,81)(H,70,82);2*(H,6,7)/t45-,46-,47+,48+,49+,50+,53+,54+,55+,56+,57+,58+;;/m1../s1. The van der Waals surface area contributed by atoms with Gasteiger partial charge in [-0.05, 0) is 139 Å². The number of benzene rings is 3. The molecule has 0 aliphatic carbocycles. The Bertz CT molecular complexity index is 3260. The lowest BCUT2D eigenvalue weighted by Gasteiger charge is -2.33. The number of carboxylic acid groups (broad SMARTS) is 2. The maximum Gasteiger partial charge on any atom is 0.490 e. The van der Waals surface area contributed by atoms with E-state index in [0.29, 0.717) is 88.7 Å². The third kappa shape index (κ3) is 21.1. The van der Waals surface area contributed by atoms with Crippen LogP contribution in [-0.2, 0) is 64.3 Å². The summed E-state index contributed by atoms with van der Waals surface area (Å²) in [6.07, 6.45) is 4.70. The molecule has 12 atom stereocenters. The van der Waals surface area contributed by atoms with Crippen molar-refractivity contribution in [2.75, 3.05) is 27.3 Å². The Balaban J connectivity index is 0.000000907. The van der Waals surface area contributed by atoms with E-state index in [0.717, 1.165) is 49.7 Å². The number of aliphatic hydroxyl groups excluding tert-OH is 2. The van der Waals surface area contributed by atoms with Crippen LogP contribution in [0.2, 0.25) is 0 Å². The number of hydrogen-bond donors (Lipinski definition) is 10. The first-order valence-corrected chi connectivity index (χ1v) is 33.7. The average molecular weight is 1410 g/mol. The van der Waals surface area contributed by atoms with Crippen molar-refractivity contribution in [1.29, 1.82) is 0 Å². The summed E-state index contributed by atoms with van der Waals surface area (Å²) >= 11 is 0. The molecule has 32 heteroatoms. The lowest BCUT2D eigenvalue weighted by molar-refractivity contribution is -0.193. The molecule has 5 aromatic rings. The van der Waals surface area contributed by atoms with Crippen molar-refractivity contribution >= 4 is 47.4 Å². The summed E-state index contributed by atoms with van der Waals surface area (Å²) < 4.78 is 67.1. The highest BCUT2D eigenvalue weighted by Crippen LogP contribution is 2.37. The van der Waals surface area contributed by atoms with E-state index >= 15 is 0 Å². The number of unbranched alkanes of at least 4 members (excludes halogenated alkanes) is 2. The van der Waals surface area contributed by atoms with Crippen LogP contribution in [0.5, 0.6) is 0 Å². The second-order valence-corrected chi connectivity index (χ2v) is 25.4. The summed E-state index contributed by atoms with van der Waals surface area (Å²) in [5, 5.41) is 71.2. The van der Waals surface area contributed by atoms with E-state index in [1.165, 1.54) is 11.1 Å². The molecule has 100 heavy (non-hydrogen) atoms. The molecule has 546 valence electrons. The first-order chi connectivity index (χ1) is 47.7. The molecule has 0 bridgehead atoms. The average Bonchev–Trinajstić information content (AvgIpc) is 1.63. The van der Waals surface area contributed by atoms with Crippen molar-refractivity contribution < 1.29 is 85.1 Å². The predicted octanol–water partition coefficient (Wildman–Crippen LogP) is 5.08. The van der Waals surface area contributed by atoms with Gasteiger partial charge in [-0.2, -0.15) is 26.3 Å². The molecular formula is C68H90F6N14O12. The number of aryl methyl sites for hydroxylation is 4. The number of amides is 6. The van der Waals surface area contributed by atoms with Gasteiger partial charge in [0.25, 0.3) is 0 Å². The summed E-state index contributed by atoms with van der Waals surface area (Å²) in [6, 6.07) is 22.1. The number of aliphatic carboxylic acids is 2. The smallest absolute Gasteiger partial charge is 0.475 e. The normalized spacial score (nSPS) is 21.8. The SMILES string of the molecule is CC[C@H](NC)C(=O)N[C@@H]1C(=O)N2[C@@H](CC[C@@H]1CO)CC[C@H]2C(=O)N[C@@H](c1ccccc1)c1cn(CCCCc2ccc(CCCCn3cc([C@@H](NC(=O)[C@@H]4CC[C@@H]5CC[C@H](CO)[C@H](NC(=O)[C@H](CC)NC)C(=O)N54)c4ccccc4)nn3)cc2)nn1.O=C(O)C(F)(F)F.O=C(O)C(F)(F)F. The van der Waals surface area contributed by atoms with E-state index in [2.05, 4.69) is 76.8 Å². The monoisotopic (exact) mass is 1410 g/mol. The third-order valence-electron chi connectivity index (χ3n) is 18.8. The summed E-state index contributed by atoms with van der Waals surface area (Å²) in [5.41, 5.74) is 5.34. The van der Waals surface area contributed by atoms with Gasteiger partial charge in [0.2, 0.25) is 35.4 Å². The molecular weight excluding hydrogens is 1320 g/mol. The van der Waals surface area contributed by atoms with Crippen LogP contribution in [0.4, 0.5) is 26.3 Å². The highest BCUT2D eigenvalue weighted by Gasteiger charge is 2.50. The van der Waals surface area contributed by atoms with Crippen LogP contribution in [0.3, 0.4) is 0 Å². The zero-order valence-electron chi connectivity index (χ0n) is 56.2. The Morgan fingerprint density at radius 2 is 0.860 bits per heavy atom. The van der Waals surface area contributed by atoms with Crippen LogP contribution in [-0.4, -0.2) is 196 Å². The van der Waals surface area contributed by atoms with Gasteiger partial charge in [-0.15, -0.1) is 10.2 Å². The number of alkyl halides is 6. The van der Waals surface area contributed by atoms with Crippen LogP contribution in [0.15, 0.2) is 97.3 Å². The molecule has 2 aromatic heterocycles. The Hall–Kier alpha value is -8.88. The van der Waals surface area contributed by atoms with Crippen LogP contribution in [0.25, 0.3) is 0 Å². The molecule has 26 nitrogen and oxygen atoms in total. The van der Waals surface area contributed by atoms with Crippen LogP contribution in [0.1, 0.15) is 149 Å². The number of aliphatic hydroxyl groups is 2. The van der Waals surface area contributed by atoms with Gasteiger partial charge in [-0.25, -0.2) is 9.59 Å². The van der Waals surface area contributed by atoms with Crippen molar-refractivity contribution in [2.24, 2.45) is 11.8 Å². The quantitative estimate of drug-likeness (QED) is 0.0230. The summed E-state index contributed by atoms with van der Waals surface area (Å²) in [6.45, 7) is 4.56. The first-order valence-electron chi connectivity index (χ1n) is 33.7. The molecule has 6 amide bonds. The Labute approximate surface area is 574 Å². The number of halogens is 6. The molecule has 3 aromatic carbocycles. The van der Waals surface area contributed by atoms with E-state index in [9.17, 15) is 65.3 Å². The highest BCUT2D eigenvalue weighted by atomic mass is 19.4. The molecule has 9 rings (SSSR count). The van der Waals surface area contributed by atoms with Gasteiger partial charge in [-0.3, -0.25) is 38.1 Å². The minimum absolute atomic E-state index is 0.172. The van der Waals surface area contributed by atoms with E-state index in [1.807, 2.05) is 96.3 Å². The molecule has 4 fully saturated rings. The van der Waals surface area contributed by atoms with E-state index in [4.69, 9.17) is 19.8 Å². The van der Waals surface area contributed by atoms with Gasteiger partial charge in [0.15, 0.2) is 0 Å². The fourth-order valence-corrected chi connectivity index (χ4v) is 13.3. The van der Waals surface area contributed by atoms with Gasteiger partial charge < -0.3 is 62.1 Å². The van der Waals surface area contributed by atoms with Crippen molar-refractivity contribution in [3.8, 4) is 0 Å². The van der Waals surface area contributed by atoms with E-state index < -0.39 is 84.5 Å². The lowest BCUT2D eigenvalue weighted by atomic mass is 9.93. The minimum Gasteiger partial charge on any atom is -0.475 e. The van der Waals surface area contributed by atoms with Crippen molar-refractivity contribution in [3.05, 3.63) is 131 Å². The third-order valence-corrected chi connectivity index (χ3v) is 18.8. The summed E-state index contributed by atoms with van der Waals surface area (Å²) in [4.78, 5) is 105. The van der Waals surface area contributed by atoms with Gasteiger partial charge in [0, 0.05) is 50.2 Å². The topological polar surface area (TPSA) is 358 Å². The lowest BCUT2D eigenvalue weighted by Crippen LogP contribution is -2.58. The predicted molar refractivity (Wildman–Crippen MR) is 350 cm³/mol. The molecule has 10 N–H and O–H groups in total. The highest BCUT2D eigenvalue weighted by molar-refractivity contribution is 5.95. The summed E-state index contributed by atoms with van der Waals surface area (Å²) in [5.74, 6) is -8.31. The Kier molecular flexibility index (Phi) is 29.0. The zero-order valence-corrected chi connectivity index (χ0v) is 56.2.